The van der Waals surface area contributed by atoms with Crippen LogP contribution in [-0.2, 0) is 19.6 Å². The average Bonchev–Trinajstić information content (AvgIpc) is 3.16. The molecule has 0 bridgehead atoms. The normalized spacial score (nSPS) is 13.8. The Morgan fingerprint density at radius 1 is 0.889 bits per heavy atom. The summed E-state index contributed by atoms with van der Waals surface area (Å²) in [4.78, 5) is 4.97. The Kier molecular flexibility index (Phi) is 5.59. The van der Waals surface area contributed by atoms with Gasteiger partial charge in [-0.05, 0) is 53.4 Å². The van der Waals surface area contributed by atoms with E-state index in [1.165, 1.54) is 11.1 Å². The molecule has 0 N–H and O–H groups in total. The van der Waals surface area contributed by atoms with Crippen molar-refractivity contribution in [3.63, 3.8) is 0 Å². The Labute approximate surface area is 210 Å². The maximum atomic E-state index is 9.75. The van der Waals surface area contributed by atoms with Crippen LogP contribution in [0, 0.1) is 11.3 Å². The van der Waals surface area contributed by atoms with E-state index >= 15 is 0 Å². The van der Waals surface area contributed by atoms with Gasteiger partial charge in [-0.25, -0.2) is 4.98 Å². The Balaban J connectivity index is 1.42. The average molecular weight is 468 g/mol. The molecule has 0 spiro atoms. The second-order valence-corrected chi connectivity index (χ2v) is 9.15. The van der Waals surface area contributed by atoms with Gasteiger partial charge in [-0.1, -0.05) is 72.8 Å². The van der Waals surface area contributed by atoms with Crippen LogP contribution in [0.4, 0.5) is 0 Å². The topological polar surface area (TPSA) is 50.8 Å². The Hall–Kier alpha value is -4.62. The smallest absolute Gasteiger partial charge is 0.127 e. The molecule has 0 aliphatic carbocycles. The number of allylic oxidation sites excluding steroid dienone is 1. The summed E-state index contributed by atoms with van der Waals surface area (Å²) in [5, 5.41) is 9.75. The molecule has 0 unspecified atom stereocenters. The first kappa shape index (κ1) is 21.9. The quantitative estimate of drug-likeness (QED) is 0.270. The van der Waals surface area contributed by atoms with Gasteiger partial charge >= 0.3 is 0 Å². The highest BCUT2D eigenvalue weighted by atomic mass is 16.5. The molecule has 1 aromatic heterocycles. The second-order valence-electron chi connectivity index (χ2n) is 9.15. The molecule has 0 atom stereocenters. The molecule has 0 saturated carbocycles. The lowest BCUT2D eigenvalue weighted by Gasteiger charge is -2.14. The highest BCUT2D eigenvalue weighted by molar-refractivity contribution is 5.88. The molecule has 1 aliphatic rings. The standard InChI is InChI=1S/C32H25N3O/c1-22(19-33)32-26-16-15-24(17-25(26)21-36-30-14-8-5-11-27(30)32)20-35-29-13-7-6-12-28(29)34-31(35)18-23-9-3-2-4-10-23/h2-17H,18,20-21H2,1H3. The number of ether oxygens (including phenoxy) is 1. The van der Waals surface area contributed by atoms with Crippen molar-refractivity contribution in [2.24, 2.45) is 0 Å². The van der Waals surface area contributed by atoms with Gasteiger partial charge in [-0.2, -0.15) is 5.26 Å². The summed E-state index contributed by atoms with van der Waals surface area (Å²) in [6, 6.07) is 35.6. The van der Waals surface area contributed by atoms with Gasteiger partial charge in [0.15, 0.2) is 0 Å². The molecule has 2 heterocycles. The highest BCUT2D eigenvalue weighted by Crippen LogP contribution is 2.38. The van der Waals surface area contributed by atoms with Crippen molar-refractivity contribution >= 4 is 16.6 Å². The highest BCUT2D eigenvalue weighted by Gasteiger charge is 2.22. The van der Waals surface area contributed by atoms with E-state index in [-0.39, 0.29) is 0 Å². The van der Waals surface area contributed by atoms with Crippen LogP contribution in [0.3, 0.4) is 0 Å². The zero-order valence-corrected chi connectivity index (χ0v) is 20.1. The number of rotatable bonds is 4. The minimum Gasteiger partial charge on any atom is -0.488 e. The maximum absolute atomic E-state index is 9.75. The SMILES string of the molecule is CC(C#N)=C1c2ccc(Cn3c(Cc4ccccc4)nc4ccccc43)cc2COc2ccccc21. The molecule has 4 heteroatoms. The lowest BCUT2D eigenvalue weighted by molar-refractivity contribution is 0.307. The van der Waals surface area contributed by atoms with Gasteiger partial charge in [0.05, 0.1) is 17.1 Å². The molecule has 5 aromatic rings. The number of para-hydroxylation sites is 3. The molecule has 36 heavy (non-hydrogen) atoms. The van der Waals surface area contributed by atoms with Crippen molar-refractivity contribution in [3.8, 4) is 11.8 Å². The molecule has 0 amide bonds. The fraction of sp³-hybridized carbons (Fsp3) is 0.125. The number of nitrogens with zero attached hydrogens (tertiary/aromatic N) is 3. The van der Waals surface area contributed by atoms with E-state index in [9.17, 15) is 5.26 Å². The molecular weight excluding hydrogens is 442 g/mol. The van der Waals surface area contributed by atoms with E-state index in [0.717, 1.165) is 51.3 Å². The van der Waals surface area contributed by atoms with E-state index in [1.54, 1.807) is 0 Å². The van der Waals surface area contributed by atoms with Crippen molar-refractivity contribution in [2.75, 3.05) is 0 Å². The summed E-state index contributed by atoms with van der Waals surface area (Å²) in [5.74, 6) is 1.85. The third-order valence-corrected chi connectivity index (χ3v) is 6.80. The van der Waals surface area contributed by atoms with Crippen molar-refractivity contribution in [1.82, 2.24) is 9.55 Å². The minimum absolute atomic E-state index is 0.462. The summed E-state index contributed by atoms with van der Waals surface area (Å²) >= 11 is 0. The van der Waals surface area contributed by atoms with Crippen LogP contribution >= 0.6 is 0 Å². The Morgan fingerprint density at radius 3 is 2.53 bits per heavy atom. The summed E-state index contributed by atoms with van der Waals surface area (Å²) in [6.45, 7) is 3.05. The van der Waals surface area contributed by atoms with Crippen LogP contribution in [0.15, 0.2) is 103 Å². The predicted octanol–water partition coefficient (Wildman–Crippen LogP) is 6.91. The lowest BCUT2D eigenvalue weighted by Crippen LogP contribution is -2.07. The number of imidazole rings is 1. The summed E-state index contributed by atoms with van der Waals surface area (Å²) in [6.07, 6.45) is 0.771. The minimum atomic E-state index is 0.462. The number of fused-ring (bicyclic) bond motifs is 3. The van der Waals surface area contributed by atoms with Gasteiger partial charge in [-0.15, -0.1) is 0 Å². The van der Waals surface area contributed by atoms with E-state index in [0.29, 0.717) is 18.7 Å². The number of hydrogen-bond donors (Lipinski definition) is 0. The van der Waals surface area contributed by atoms with E-state index in [1.807, 2.05) is 43.3 Å². The van der Waals surface area contributed by atoms with Gasteiger partial charge in [0, 0.05) is 29.7 Å². The molecule has 0 fully saturated rings. The molecular formula is C32H25N3O. The van der Waals surface area contributed by atoms with Crippen molar-refractivity contribution in [2.45, 2.75) is 26.5 Å². The zero-order chi connectivity index (χ0) is 24.5. The van der Waals surface area contributed by atoms with Crippen LogP contribution in [0.5, 0.6) is 5.75 Å². The van der Waals surface area contributed by atoms with Gasteiger partial charge in [0.1, 0.15) is 18.2 Å². The first-order valence-corrected chi connectivity index (χ1v) is 12.1. The fourth-order valence-electron chi connectivity index (χ4n) is 5.07. The maximum Gasteiger partial charge on any atom is 0.127 e. The van der Waals surface area contributed by atoms with E-state index < -0.39 is 0 Å². The molecule has 4 nitrogen and oxygen atoms in total. The van der Waals surface area contributed by atoms with E-state index in [2.05, 4.69) is 71.3 Å². The van der Waals surface area contributed by atoms with Crippen LogP contribution in [0.1, 0.15) is 40.6 Å². The van der Waals surface area contributed by atoms with Crippen molar-refractivity contribution in [1.29, 1.82) is 5.26 Å². The number of benzene rings is 4. The fourth-order valence-corrected chi connectivity index (χ4v) is 5.07. The Morgan fingerprint density at radius 2 is 1.67 bits per heavy atom. The van der Waals surface area contributed by atoms with E-state index in [4.69, 9.17) is 9.72 Å². The number of nitriles is 1. The van der Waals surface area contributed by atoms with Gasteiger partial charge in [0.25, 0.3) is 0 Å². The molecule has 174 valence electrons. The number of hydrogen-bond acceptors (Lipinski definition) is 3. The molecule has 1 aliphatic heterocycles. The Bertz CT molecular complexity index is 1650. The van der Waals surface area contributed by atoms with Gasteiger partial charge in [-0.3, -0.25) is 0 Å². The third-order valence-electron chi connectivity index (χ3n) is 6.80. The van der Waals surface area contributed by atoms with Crippen molar-refractivity contribution in [3.05, 3.63) is 136 Å². The van der Waals surface area contributed by atoms with Gasteiger partial charge < -0.3 is 9.30 Å². The summed E-state index contributed by atoms with van der Waals surface area (Å²) in [5.41, 5.74) is 9.30. The summed E-state index contributed by atoms with van der Waals surface area (Å²) in [7, 11) is 0. The third kappa shape index (κ3) is 3.95. The second kappa shape index (κ2) is 9.20. The first-order chi connectivity index (χ1) is 17.7. The monoisotopic (exact) mass is 467 g/mol. The van der Waals surface area contributed by atoms with Gasteiger partial charge in [0.2, 0.25) is 0 Å². The lowest BCUT2D eigenvalue weighted by atomic mass is 9.90. The van der Waals surface area contributed by atoms with Crippen LogP contribution in [0.2, 0.25) is 0 Å². The molecule has 4 aromatic carbocycles. The molecule has 0 saturated heterocycles. The van der Waals surface area contributed by atoms with Crippen LogP contribution in [-0.4, -0.2) is 9.55 Å². The van der Waals surface area contributed by atoms with Crippen molar-refractivity contribution < 1.29 is 4.74 Å². The number of aromatic nitrogens is 2. The molecule has 0 radical (unpaired) electrons. The zero-order valence-electron chi connectivity index (χ0n) is 20.1. The molecule has 6 rings (SSSR count). The predicted molar refractivity (Wildman–Crippen MR) is 143 cm³/mol. The largest absolute Gasteiger partial charge is 0.488 e. The van der Waals surface area contributed by atoms with Crippen LogP contribution in [0.25, 0.3) is 16.6 Å². The van der Waals surface area contributed by atoms with Crippen LogP contribution < -0.4 is 4.74 Å². The first-order valence-electron chi connectivity index (χ1n) is 12.1. The summed E-state index contributed by atoms with van der Waals surface area (Å²) < 4.78 is 8.51.